The van der Waals surface area contributed by atoms with E-state index in [1.807, 2.05) is 0 Å². The van der Waals surface area contributed by atoms with Crippen LogP contribution in [0.5, 0.6) is 11.5 Å². The number of carboxylic acid groups (broad SMARTS) is 1. The molecular formula is C14H12BrNO6. The minimum absolute atomic E-state index is 0.270. The maximum absolute atomic E-state index is 11.5. The minimum Gasteiger partial charge on any atom is -0.493 e. The number of rotatable bonds is 5. The molecule has 8 heteroatoms. The number of carbonyl (C=O) groups excluding carboxylic acids is 1. The Kier molecular flexibility index (Phi) is 4.81. The summed E-state index contributed by atoms with van der Waals surface area (Å²) in [6, 6.07) is 3.29. The van der Waals surface area contributed by atoms with E-state index in [0.717, 1.165) is 0 Å². The smallest absolute Gasteiger partial charge is 0.367 e. The van der Waals surface area contributed by atoms with E-state index < -0.39 is 18.5 Å². The van der Waals surface area contributed by atoms with Crippen LogP contribution in [0.15, 0.2) is 27.3 Å². The van der Waals surface area contributed by atoms with E-state index in [-0.39, 0.29) is 5.75 Å². The topological polar surface area (TPSA) is 94.4 Å². The van der Waals surface area contributed by atoms with E-state index in [1.165, 1.54) is 7.11 Å². The molecule has 1 aromatic carbocycles. The lowest BCUT2D eigenvalue weighted by atomic mass is 10.1. The van der Waals surface area contributed by atoms with E-state index in [9.17, 15) is 9.59 Å². The molecule has 0 saturated heterocycles. The number of hydrogen-bond donors (Lipinski definition) is 1. The minimum atomic E-state index is -1.10. The molecule has 7 nitrogen and oxygen atoms in total. The van der Waals surface area contributed by atoms with Gasteiger partial charge in [-0.1, -0.05) is 5.16 Å². The highest BCUT2D eigenvalue weighted by Crippen LogP contribution is 2.37. The van der Waals surface area contributed by atoms with Gasteiger partial charge in [-0.25, -0.2) is 9.59 Å². The van der Waals surface area contributed by atoms with E-state index in [0.29, 0.717) is 27.1 Å². The van der Waals surface area contributed by atoms with Gasteiger partial charge in [-0.05, 0) is 46.6 Å². The average Bonchev–Trinajstić information content (AvgIpc) is 2.77. The van der Waals surface area contributed by atoms with Gasteiger partial charge in [0.1, 0.15) is 0 Å². The first-order valence-electron chi connectivity index (χ1n) is 6.12. The fourth-order valence-corrected chi connectivity index (χ4v) is 2.36. The quantitative estimate of drug-likeness (QED) is 0.631. The Morgan fingerprint density at radius 3 is 2.77 bits per heavy atom. The molecule has 0 fully saturated rings. The predicted octanol–water partition coefficient (Wildman–Crippen LogP) is 2.24. The first kappa shape index (κ1) is 16.0. The number of aliphatic carboxylic acids is 1. The third-order valence-corrected chi connectivity index (χ3v) is 3.37. The lowest BCUT2D eigenvalue weighted by Gasteiger charge is -2.12. The zero-order valence-corrected chi connectivity index (χ0v) is 13.3. The monoisotopic (exact) mass is 369 g/mol. The number of nitrogens with zero attached hydrogens (tertiary/aromatic N) is 1. The lowest BCUT2D eigenvalue weighted by molar-refractivity contribution is -0.139. The van der Waals surface area contributed by atoms with Crippen molar-refractivity contribution in [3.63, 3.8) is 0 Å². The van der Waals surface area contributed by atoms with Crippen molar-refractivity contribution >= 4 is 39.7 Å². The molecule has 0 spiro atoms. The van der Waals surface area contributed by atoms with Gasteiger partial charge in [-0.15, -0.1) is 0 Å². The molecule has 1 N–H and O–H groups in total. The molecule has 0 aromatic heterocycles. The Balaban J connectivity index is 2.38. The summed E-state index contributed by atoms with van der Waals surface area (Å²) in [5, 5.41) is 12.3. The summed E-state index contributed by atoms with van der Waals surface area (Å²) in [4.78, 5) is 26.7. The summed E-state index contributed by atoms with van der Waals surface area (Å²) >= 11 is 3.29. The molecule has 1 aliphatic heterocycles. The molecule has 1 aromatic rings. The molecule has 0 unspecified atom stereocenters. The van der Waals surface area contributed by atoms with Crippen LogP contribution in [0.3, 0.4) is 0 Å². The molecule has 0 atom stereocenters. The van der Waals surface area contributed by atoms with Gasteiger partial charge in [-0.2, -0.15) is 0 Å². The Morgan fingerprint density at radius 2 is 2.23 bits per heavy atom. The third-order valence-electron chi connectivity index (χ3n) is 2.78. The Bertz CT molecular complexity index is 695. The second-order valence-electron chi connectivity index (χ2n) is 4.33. The van der Waals surface area contributed by atoms with E-state index in [1.54, 1.807) is 25.1 Å². The molecule has 0 radical (unpaired) electrons. The SMILES string of the molecule is COc1cc(/C=C2\C(=O)ON=C2C)cc(Br)c1OCC(=O)O. The number of benzene rings is 1. The van der Waals surface area contributed by atoms with E-state index in [2.05, 4.69) is 25.9 Å². The summed E-state index contributed by atoms with van der Waals surface area (Å²) in [6.07, 6.45) is 1.60. The van der Waals surface area contributed by atoms with Crippen molar-refractivity contribution in [2.24, 2.45) is 5.16 Å². The molecule has 0 saturated carbocycles. The first-order chi connectivity index (χ1) is 10.4. The number of carbonyl (C=O) groups is 2. The highest BCUT2D eigenvalue weighted by atomic mass is 79.9. The van der Waals surface area contributed by atoms with Gasteiger partial charge >= 0.3 is 11.9 Å². The molecule has 22 heavy (non-hydrogen) atoms. The van der Waals surface area contributed by atoms with Gasteiger partial charge in [0.05, 0.1) is 22.9 Å². The number of hydrogen-bond acceptors (Lipinski definition) is 6. The second kappa shape index (κ2) is 6.61. The molecular weight excluding hydrogens is 358 g/mol. The molecule has 1 aliphatic rings. The molecule has 0 bridgehead atoms. The lowest BCUT2D eigenvalue weighted by Crippen LogP contribution is -2.10. The second-order valence-corrected chi connectivity index (χ2v) is 5.18. The van der Waals surface area contributed by atoms with Crippen molar-refractivity contribution in [3.8, 4) is 11.5 Å². The first-order valence-corrected chi connectivity index (χ1v) is 6.91. The van der Waals surface area contributed by atoms with Crippen molar-refractivity contribution in [3.05, 3.63) is 27.7 Å². The van der Waals surface area contributed by atoms with Crippen LogP contribution in [0, 0.1) is 0 Å². The summed E-state index contributed by atoms with van der Waals surface area (Å²) in [6.45, 7) is 1.17. The Hall–Kier alpha value is -2.35. The zero-order valence-electron chi connectivity index (χ0n) is 11.8. The largest absolute Gasteiger partial charge is 0.493 e. The van der Waals surface area contributed by atoms with Crippen LogP contribution >= 0.6 is 15.9 Å². The fraction of sp³-hybridized carbons (Fsp3) is 0.214. The fourth-order valence-electron chi connectivity index (χ4n) is 1.78. The van der Waals surface area contributed by atoms with Crippen molar-refractivity contribution in [1.29, 1.82) is 0 Å². The van der Waals surface area contributed by atoms with Gasteiger partial charge in [0.15, 0.2) is 18.1 Å². The number of halogens is 1. The van der Waals surface area contributed by atoms with Crippen LogP contribution < -0.4 is 9.47 Å². The van der Waals surface area contributed by atoms with Crippen LogP contribution in [0.2, 0.25) is 0 Å². The van der Waals surface area contributed by atoms with E-state index >= 15 is 0 Å². The molecule has 0 aliphatic carbocycles. The van der Waals surface area contributed by atoms with Gasteiger partial charge in [-0.3, -0.25) is 0 Å². The van der Waals surface area contributed by atoms with Gasteiger partial charge in [0.2, 0.25) is 0 Å². The van der Waals surface area contributed by atoms with Crippen LogP contribution in [0.25, 0.3) is 6.08 Å². The van der Waals surface area contributed by atoms with Crippen LogP contribution in [0.1, 0.15) is 12.5 Å². The summed E-state index contributed by atoms with van der Waals surface area (Å²) < 4.78 is 10.9. The molecule has 116 valence electrons. The van der Waals surface area contributed by atoms with Crippen molar-refractivity contribution in [1.82, 2.24) is 0 Å². The Morgan fingerprint density at radius 1 is 1.50 bits per heavy atom. The van der Waals surface area contributed by atoms with Crippen molar-refractivity contribution in [2.75, 3.05) is 13.7 Å². The molecule has 1 heterocycles. The summed E-state index contributed by atoms with van der Waals surface area (Å²) in [7, 11) is 1.43. The van der Waals surface area contributed by atoms with Gasteiger partial charge in [0, 0.05) is 0 Å². The highest BCUT2D eigenvalue weighted by Gasteiger charge is 2.22. The van der Waals surface area contributed by atoms with E-state index in [4.69, 9.17) is 14.6 Å². The summed E-state index contributed by atoms with van der Waals surface area (Å²) in [5.41, 5.74) is 1.47. The molecule has 2 rings (SSSR count). The third kappa shape index (κ3) is 3.45. The normalized spacial score (nSPS) is 15.5. The maximum atomic E-state index is 11.5. The Labute approximate surface area is 134 Å². The van der Waals surface area contributed by atoms with Crippen LogP contribution in [-0.4, -0.2) is 36.5 Å². The number of methoxy groups -OCH3 is 1. The predicted molar refractivity (Wildman–Crippen MR) is 81.0 cm³/mol. The zero-order chi connectivity index (χ0) is 16.3. The molecule has 0 amide bonds. The van der Waals surface area contributed by atoms with Crippen LogP contribution in [0.4, 0.5) is 0 Å². The number of oxime groups is 1. The van der Waals surface area contributed by atoms with Crippen LogP contribution in [-0.2, 0) is 14.4 Å². The number of carboxylic acids is 1. The average molecular weight is 370 g/mol. The maximum Gasteiger partial charge on any atom is 0.367 e. The van der Waals surface area contributed by atoms with Crippen molar-refractivity contribution < 1.29 is 29.0 Å². The number of ether oxygens (including phenoxy) is 2. The van der Waals surface area contributed by atoms with Crippen molar-refractivity contribution in [2.45, 2.75) is 6.92 Å². The highest BCUT2D eigenvalue weighted by molar-refractivity contribution is 9.10. The summed E-state index contributed by atoms with van der Waals surface area (Å²) in [5.74, 6) is -1.02. The van der Waals surface area contributed by atoms with Gasteiger partial charge < -0.3 is 19.4 Å². The standard InChI is InChI=1S/C14H12BrNO6/c1-7-9(14(19)22-16-7)3-8-4-10(15)13(11(5-8)20-2)21-6-12(17)18/h3-5H,6H2,1-2H3,(H,17,18)/b9-3-. The van der Waals surface area contributed by atoms with Gasteiger partial charge in [0.25, 0.3) is 0 Å².